The van der Waals surface area contributed by atoms with Crippen molar-refractivity contribution >= 4 is 39.0 Å². The van der Waals surface area contributed by atoms with Crippen molar-refractivity contribution in [1.29, 1.82) is 0 Å². The van der Waals surface area contributed by atoms with E-state index >= 15 is 0 Å². The fourth-order valence-corrected chi connectivity index (χ4v) is 0. The lowest BCUT2D eigenvalue weighted by molar-refractivity contribution is 1.91. The first-order chi connectivity index (χ1) is 2.27. The maximum atomic E-state index is 4.88. The number of hydrogen-bond acceptors (Lipinski definition) is 2. The Balaban J connectivity index is 2.85. The molecule has 0 aliphatic heterocycles. The molecule has 0 amide bonds. The lowest BCUT2D eigenvalue weighted by Crippen LogP contribution is -1.97. The summed E-state index contributed by atoms with van der Waals surface area (Å²) in [6, 6.07) is 0. The van der Waals surface area contributed by atoms with Gasteiger partial charge in [-0.3, -0.25) is 0 Å². The second kappa shape index (κ2) is 2.81. The Hall–Kier alpha value is 0.590. The average molecular weight is 124 g/mol. The van der Waals surface area contributed by atoms with Crippen LogP contribution in [0.3, 0.4) is 0 Å². The van der Waals surface area contributed by atoms with Gasteiger partial charge in [-0.15, -0.1) is 0 Å². The molecule has 0 heterocycles. The molecular weight excluding hydrogens is 122 g/mol. The van der Waals surface area contributed by atoms with Crippen molar-refractivity contribution in [1.82, 2.24) is 0 Å². The molecule has 2 N–H and O–H groups in total. The van der Waals surface area contributed by atoms with Gasteiger partial charge in [0.15, 0.2) is 0 Å². The van der Waals surface area contributed by atoms with Crippen LogP contribution in [0.15, 0.2) is 0 Å². The molecule has 0 atom stereocenters. The summed E-state index contributed by atoms with van der Waals surface area (Å²) in [7, 11) is 0.972. The van der Waals surface area contributed by atoms with Gasteiger partial charge < -0.3 is 5.73 Å². The fourth-order valence-electron chi connectivity index (χ4n) is 0. The van der Waals surface area contributed by atoms with E-state index in [-0.39, 0.29) is 0 Å². The zero-order chi connectivity index (χ0) is 4.28. The molecular formula is CH2NS3. The highest BCUT2D eigenvalue weighted by atomic mass is 33.1. The average Bonchev–Trinajstić information content (AvgIpc) is 1.38. The summed E-state index contributed by atoms with van der Waals surface area (Å²) in [5, 5.41) is 0. The van der Waals surface area contributed by atoms with Crippen LogP contribution in [0, 0.1) is 0 Å². The standard InChI is InChI=1S/CH2NS3/c2-1(3)5-4/h(H2,2,3). The molecule has 29 valence electrons. The molecule has 0 saturated carbocycles. The third kappa shape index (κ3) is 4.59. The lowest BCUT2D eigenvalue weighted by atomic mass is 11.5. The van der Waals surface area contributed by atoms with E-state index in [1.54, 1.807) is 0 Å². The van der Waals surface area contributed by atoms with Crippen LogP contribution in [0.1, 0.15) is 0 Å². The van der Waals surface area contributed by atoms with Gasteiger partial charge in [0.05, 0.1) is 0 Å². The molecule has 0 saturated heterocycles. The van der Waals surface area contributed by atoms with Crippen LogP contribution in [0.2, 0.25) is 0 Å². The van der Waals surface area contributed by atoms with Gasteiger partial charge in [0.25, 0.3) is 0 Å². The van der Waals surface area contributed by atoms with Crippen molar-refractivity contribution in [2.45, 2.75) is 0 Å². The zero-order valence-electron chi connectivity index (χ0n) is 2.30. The topological polar surface area (TPSA) is 26.0 Å². The molecule has 1 nitrogen and oxygen atoms in total. The van der Waals surface area contributed by atoms with Crippen LogP contribution in [0.4, 0.5) is 0 Å². The monoisotopic (exact) mass is 124 g/mol. The molecule has 0 aromatic heterocycles. The smallest absolute Gasteiger partial charge is 0.142 e. The molecule has 0 aromatic rings. The molecule has 0 aliphatic rings. The Morgan fingerprint density at radius 3 is 2.00 bits per heavy atom. The maximum absolute atomic E-state index is 4.88. The Morgan fingerprint density at radius 1 is 1.80 bits per heavy atom. The van der Waals surface area contributed by atoms with Crippen molar-refractivity contribution in [2.24, 2.45) is 5.73 Å². The van der Waals surface area contributed by atoms with Crippen LogP contribution in [-0.2, 0) is 0 Å². The predicted molar refractivity (Wildman–Crippen MR) is 32.0 cm³/mol. The van der Waals surface area contributed by atoms with E-state index in [1.807, 2.05) is 0 Å². The maximum Gasteiger partial charge on any atom is 0.142 e. The SMILES string of the molecule is NC(=S)S[S]. The highest BCUT2D eigenvalue weighted by Gasteiger charge is 1.74. The quantitative estimate of drug-likeness (QED) is 0.386. The van der Waals surface area contributed by atoms with Crippen molar-refractivity contribution in [2.75, 3.05) is 0 Å². The van der Waals surface area contributed by atoms with Gasteiger partial charge in [-0.1, -0.05) is 12.2 Å². The van der Waals surface area contributed by atoms with Crippen LogP contribution in [0.5, 0.6) is 0 Å². The Labute approximate surface area is 45.1 Å². The number of hydrogen-bond donors (Lipinski definition) is 1. The summed E-state index contributed by atoms with van der Waals surface area (Å²) in [6.07, 6.45) is 0. The highest BCUT2D eigenvalue weighted by molar-refractivity contribution is 8.76. The van der Waals surface area contributed by atoms with E-state index in [1.165, 1.54) is 0 Å². The second-order valence-corrected chi connectivity index (χ2v) is 2.21. The van der Waals surface area contributed by atoms with E-state index in [2.05, 4.69) is 23.9 Å². The third-order valence-electron chi connectivity index (χ3n) is 0.0821. The molecule has 5 heavy (non-hydrogen) atoms. The van der Waals surface area contributed by atoms with E-state index in [0.717, 1.165) is 10.8 Å². The minimum atomic E-state index is 0.319. The molecule has 0 aliphatic carbocycles. The summed E-state index contributed by atoms with van der Waals surface area (Å²) in [5.74, 6) is 0. The largest absolute Gasteiger partial charge is 0.384 e. The zero-order valence-corrected chi connectivity index (χ0v) is 4.75. The molecule has 0 aromatic carbocycles. The van der Waals surface area contributed by atoms with Crippen LogP contribution in [0.25, 0.3) is 0 Å². The van der Waals surface area contributed by atoms with Crippen molar-refractivity contribution in [3.8, 4) is 0 Å². The molecule has 0 fully saturated rings. The van der Waals surface area contributed by atoms with Gasteiger partial charge in [-0.2, -0.15) is 0 Å². The van der Waals surface area contributed by atoms with Crippen LogP contribution < -0.4 is 5.73 Å². The number of nitrogens with two attached hydrogens (primary N) is 1. The van der Waals surface area contributed by atoms with Crippen LogP contribution >= 0.6 is 34.7 Å². The van der Waals surface area contributed by atoms with E-state index in [4.69, 9.17) is 5.73 Å². The van der Waals surface area contributed by atoms with Crippen molar-refractivity contribution < 1.29 is 0 Å². The summed E-state index contributed by atoms with van der Waals surface area (Å²) in [5.41, 5.74) is 4.88. The Morgan fingerprint density at radius 2 is 2.00 bits per heavy atom. The Bertz CT molecular complexity index is 42.2. The van der Waals surface area contributed by atoms with Gasteiger partial charge in [-0.05, 0) is 22.5 Å². The van der Waals surface area contributed by atoms with Crippen LogP contribution in [-0.4, -0.2) is 4.32 Å². The number of rotatable bonds is 0. The van der Waals surface area contributed by atoms with Crippen molar-refractivity contribution in [3.05, 3.63) is 0 Å². The highest BCUT2D eigenvalue weighted by Crippen LogP contribution is 2.01. The van der Waals surface area contributed by atoms with Gasteiger partial charge >= 0.3 is 0 Å². The third-order valence-corrected chi connectivity index (χ3v) is 1.35. The minimum Gasteiger partial charge on any atom is -0.384 e. The number of thiocarbonyl (C=S) groups is 1. The van der Waals surface area contributed by atoms with Gasteiger partial charge in [0.2, 0.25) is 0 Å². The molecule has 0 bridgehead atoms. The molecule has 0 unspecified atom stereocenters. The molecule has 0 spiro atoms. The second-order valence-electron chi connectivity index (χ2n) is 0.402. The first kappa shape index (κ1) is 5.59. The van der Waals surface area contributed by atoms with E-state index in [0.29, 0.717) is 4.32 Å². The van der Waals surface area contributed by atoms with Gasteiger partial charge in [0.1, 0.15) is 4.32 Å². The molecule has 4 heteroatoms. The Kier molecular flexibility index (Phi) is 3.14. The first-order valence-corrected chi connectivity index (χ1v) is 3.01. The summed E-state index contributed by atoms with van der Waals surface area (Å²) in [4.78, 5) is 0. The summed E-state index contributed by atoms with van der Waals surface area (Å²) in [6.45, 7) is 0. The van der Waals surface area contributed by atoms with E-state index < -0.39 is 0 Å². The predicted octanol–water partition coefficient (Wildman–Crippen LogP) is 1.08. The van der Waals surface area contributed by atoms with Gasteiger partial charge in [0, 0.05) is 0 Å². The molecule has 0 rings (SSSR count). The van der Waals surface area contributed by atoms with E-state index in [9.17, 15) is 0 Å². The summed E-state index contributed by atoms with van der Waals surface area (Å²) < 4.78 is 0.319. The molecule has 1 radical (unpaired) electrons. The lowest BCUT2D eigenvalue weighted by Gasteiger charge is -1.75. The summed E-state index contributed by atoms with van der Waals surface area (Å²) >= 11 is 8.66. The first-order valence-electron chi connectivity index (χ1n) is 0.864. The normalized spacial score (nSPS) is 7.40. The fraction of sp³-hybridized carbons (Fsp3) is 0. The minimum absolute atomic E-state index is 0.319. The van der Waals surface area contributed by atoms with Gasteiger partial charge in [-0.25, -0.2) is 0 Å². The van der Waals surface area contributed by atoms with Crippen molar-refractivity contribution in [3.63, 3.8) is 0 Å².